The molecule has 2 heterocycles. The summed E-state index contributed by atoms with van der Waals surface area (Å²) in [4.78, 5) is 43.3. The van der Waals surface area contributed by atoms with Gasteiger partial charge in [0.2, 0.25) is 0 Å². The summed E-state index contributed by atoms with van der Waals surface area (Å²) in [5.41, 5.74) is 0.735. The fraction of sp³-hybridized carbons (Fsp3) is 0.591. The fourth-order valence-corrected chi connectivity index (χ4v) is 4.02. The predicted molar refractivity (Wildman–Crippen MR) is 109 cm³/mol. The number of benzene rings is 1. The maximum Gasteiger partial charge on any atom is 0.327 e. The number of hydrogen-bond acceptors (Lipinski definition) is 4. The molecule has 2 saturated heterocycles. The van der Waals surface area contributed by atoms with Crippen LogP contribution in [0.2, 0.25) is 0 Å². The summed E-state index contributed by atoms with van der Waals surface area (Å²) in [7, 11) is 0. The first-order chi connectivity index (χ1) is 13.6. The summed E-state index contributed by atoms with van der Waals surface area (Å²) in [6, 6.07) is 6.68. The summed E-state index contributed by atoms with van der Waals surface area (Å²) >= 11 is 0. The number of nitrogens with zero attached hydrogens (tertiary/aromatic N) is 3. The van der Waals surface area contributed by atoms with E-state index in [4.69, 9.17) is 4.74 Å². The molecular formula is C22H31N3O4. The van der Waals surface area contributed by atoms with Crippen molar-refractivity contribution < 1.29 is 19.1 Å². The van der Waals surface area contributed by atoms with Gasteiger partial charge in [0.15, 0.2) is 6.61 Å². The van der Waals surface area contributed by atoms with Gasteiger partial charge >= 0.3 is 6.03 Å². The van der Waals surface area contributed by atoms with Crippen LogP contribution in [0.25, 0.3) is 0 Å². The highest BCUT2D eigenvalue weighted by Crippen LogP contribution is 2.30. The number of urea groups is 1. The molecule has 158 valence electrons. The highest BCUT2D eigenvalue weighted by atomic mass is 16.5. The van der Waals surface area contributed by atoms with Gasteiger partial charge in [0, 0.05) is 25.0 Å². The van der Waals surface area contributed by atoms with Crippen molar-refractivity contribution in [3.63, 3.8) is 0 Å². The van der Waals surface area contributed by atoms with Gasteiger partial charge < -0.3 is 14.5 Å². The van der Waals surface area contributed by atoms with Crippen molar-refractivity contribution in [1.82, 2.24) is 14.7 Å². The second-order valence-electron chi connectivity index (χ2n) is 9.31. The van der Waals surface area contributed by atoms with Crippen LogP contribution in [0, 0.1) is 18.3 Å². The summed E-state index contributed by atoms with van der Waals surface area (Å²) in [6.45, 7) is 11.4. The quantitative estimate of drug-likeness (QED) is 0.711. The largest absolute Gasteiger partial charge is 0.484 e. The van der Waals surface area contributed by atoms with Gasteiger partial charge in [-0.3, -0.25) is 14.5 Å². The maximum absolute atomic E-state index is 12.9. The Morgan fingerprint density at radius 3 is 2.62 bits per heavy atom. The molecule has 0 saturated carbocycles. The molecule has 0 spiro atoms. The number of amides is 4. The van der Waals surface area contributed by atoms with E-state index in [0.29, 0.717) is 25.4 Å². The van der Waals surface area contributed by atoms with Crippen LogP contribution in [0.1, 0.15) is 33.3 Å². The molecule has 0 radical (unpaired) electrons. The van der Waals surface area contributed by atoms with Crippen LogP contribution in [0.5, 0.6) is 5.75 Å². The number of carbonyl (C=O) groups excluding carboxylic acids is 3. The van der Waals surface area contributed by atoms with E-state index in [2.05, 4.69) is 0 Å². The van der Waals surface area contributed by atoms with Gasteiger partial charge in [-0.1, -0.05) is 39.8 Å². The number of fused-ring (bicyclic) bond motifs is 1. The molecule has 2 fully saturated rings. The zero-order valence-electron chi connectivity index (χ0n) is 18.0. The van der Waals surface area contributed by atoms with Crippen LogP contribution in [-0.2, 0) is 9.59 Å². The van der Waals surface area contributed by atoms with Crippen LogP contribution >= 0.6 is 0 Å². The zero-order valence-corrected chi connectivity index (χ0v) is 18.0. The van der Waals surface area contributed by atoms with Gasteiger partial charge in [-0.2, -0.15) is 0 Å². The van der Waals surface area contributed by atoms with E-state index < -0.39 is 6.04 Å². The lowest BCUT2D eigenvalue weighted by atomic mass is 9.92. The third kappa shape index (κ3) is 4.71. The third-order valence-electron chi connectivity index (χ3n) is 5.27. The van der Waals surface area contributed by atoms with E-state index in [-0.39, 0.29) is 42.3 Å². The standard InChI is InChI=1S/C22H31N3O4/c1-15(2)10-24-20(27)18-11-23(13-22(4,5)14-25(18)21(24)28)19(26)12-29-17-8-6-7-16(3)9-17/h6-9,15,18H,10-14H2,1-5H3. The van der Waals surface area contributed by atoms with Gasteiger partial charge in [-0.15, -0.1) is 0 Å². The molecule has 3 rings (SSSR count). The first-order valence-electron chi connectivity index (χ1n) is 10.2. The van der Waals surface area contributed by atoms with E-state index in [1.807, 2.05) is 58.9 Å². The van der Waals surface area contributed by atoms with Crippen LogP contribution in [-0.4, -0.2) is 71.4 Å². The van der Waals surface area contributed by atoms with E-state index in [0.717, 1.165) is 5.56 Å². The van der Waals surface area contributed by atoms with Crippen molar-refractivity contribution in [2.75, 3.05) is 32.8 Å². The van der Waals surface area contributed by atoms with E-state index >= 15 is 0 Å². The second-order valence-corrected chi connectivity index (χ2v) is 9.31. The molecule has 1 atom stereocenters. The lowest BCUT2D eigenvalue weighted by Gasteiger charge is -2.30. The highest BCUT2D eigenvalue weighted by molar-refractivity contribution is 6.04. The Labute approximate surface area is 172 Å². The topological polar surface area (TPSA) is 70.2 Å². The van der Waals surface area contributed by atoms with Crippen molar-refractivity contribution >= 4 is 17.8 Å². The number of hydrogen-bond donors (Lipinski definition) is 0. The first kappa shape index (κ1) is 21.1. The molecule has 2 aliphatic rings. The van der Waals surface area contributed by atoms with Crippen LogP contribution < -0.4 is 4.74 Å². The molecule has 2 aliphatic heterocycles. The molecule has 1 aromatic carbocycles. The summed E-state index contributed by atoms with van der Waals surface area (Å²) in [5.74, 6) is 0.451. The first-order valence-corrected chi connectivity index (χ1v) is 10.2. The molecule has 0 aromatic heterocycles. The minimum absolute atomic E-state index is 0.0932. The van der Waals surface area contributed by atoms with Crippen molar-refractivity contribution in [3.05, 3.63) is 29.8 Å². The number of aryl methyl sites for hydroxylation is 1. The van der Waals surface area contributed by atoms with Gasteiger partial charge in [0.25, 0.3) is 11.8 Å². The molecule has 1 aromatic rings. The minimum atomic E-state index is -0.619. The monoisotopic (exact) mass is 401 g/mol. The zero-order chi connectivity index (χ0) is 21.3. The normalized spacial score (nSPS) is 21.4. The van der Waals surface area contributed by atoms with Crippen molar-refractivity contribution in [3.8, 4) is 5.75 Å². The van der Waals surface area contributed by atoms with Crippen molar-refractivity contribution in [1.29, 1.82) is 0 Å². The fourth-order valence-electron chi connectivity index (χ4n) is 4.02. The van der Waals surface area contributed by atoms with Crippen LogP contribution in [0.4, 0.5) is 4.79 Å². The summed E-state index contributed by atoms with van der Waals surface area (Å²) in [5, 5.41) is 0. The molecule has 7 heteroatoms. The Bertz CT molecular complexity index is 805. The predicted octanol–water partition coefficient (Wildman–Crippen LogP) is 2.53. The van der Waals surface area contributed by atoms with E-state index in [1.54, 1.807) is 9.80 Å². The van der Waals surface area contributed by atoms with Crippen molar-refractivity contribution in [2.24, 2.45) is 11.3 Å². The molecule has 29 heavy (non-hydrogen) atoms. The smallest absolute Gasteiger partial charge is 0.327 e. The Hall–Kier alpha value is -2.57. The number of imide groups is 1. The SMILES string of the molecule is Cc1cccc(OCC(=O)N2CC3C(=O)N(CC(C)C)C(=O)N3CC(C)(C)C2)c1. The summed E-state index contributed by atoms with van der Waals surface area (Å²) in [6.07, 6.45) is 0. The van der Waals surface area contributed by atoms with Crippen LogP contribution in [0.3, 0.4) is 0 Å². The van der Waals surface area contributed by atoms with E-state index in [9.17, 15) is 14.4 Å². The van der Waals surface area contributed by atoms with Gasteiger partial charge in [-0.25, -0.2) is 4.79 Å². The second kappa shape index (κ2) is 8.05. The molecule has 0 bridgehead atoms. The molecule has 4 amide bonds. The van der Waals surface area contributed by atoms with Gasteiger partial charge in [0.1, 0.15) is 11.8 Å². The minimum Gasteiger partial charge on any atom is -0.484 e. The molecule has 0 N–H and O–H groups in total. The molecular weight excluding hydrogens is 370 g/mol. The molecule has 7 nitrogen and oxygen atoms in total. The average Bonchev–Trinajstić information content (AvgIpc) is 2.77. The van der Waals surface area contributed by atoms with Gasteiger partial charge in [0.05, 0.1) is 6.54 Å². The summed E-state index contributed by atoms with van der Waals surface area (Å²) < 4.78 is 5.68. The number of ether oxygens (including phenoxy) is 1. The molecule has 1 unspecified atom stereocenters. The number of carbonyl (C=O) groups is 3. The Morgan fingerprint density at radius 1 is 1.24 bits per heavy atom. The Kier molecular flexibility index (Phi) is 5.87. The van der Waals surface area contributed by atoms with E-state index in [1.165, 1.54) is 4.90 Å². The highest BCUT2D eigenvalue weighted by Gasteiger charge is 2.50. The maximum atomic E-state index is 12.9. The van der Waals surface area contributed by atoms with Crippen LogP contribution in [0.15, 0.2) is 24.3 Å². The Morgan fingerprint density at radius 2 is 1.97 bits per heavy atom. The van der Waals surface area contributed by atoms with Crippen molar-refractivity contribution in [2.45, 2.75) is 40.7 Å². The number of rotatable bonds is 5. The van der Waals surface area contributed by atoms with Gasteiger partial charge in [-0.05, 0) is 30.5 Å². The lowest BCUT2D eigenvalue weighted by molar-refractivity contribution is -0.135. The average molecular weight is 402 g/mol. The third-order valence-corrected chi connectivity index (χ3v) is 5.27. The molecule has 0 aliphatic carbocycles. The lowest BCUT2D eigenvalue weighted by Crippen LogP contribution is -2.45. The Balaban J connectivity index is 1.74.